The largest absolute Gasteiger partial charge is 0.307 e. The van der Waals surface area contributed by atoms with Crippen LogP contribution in [0.3, 0.4) is 0 Å². The van der Waals surface area contributed by atoms with Gasteiger partial charge < -0.3 is 4.90 Å². The number of anilines is 1. The molecule has 4 aromatic rings. The van der Waals surface area contributed by atoms with Gasteiger partial charge in [-0.1, -0.05) is 18.2 Å². The Morgan fingerprint density at radius 2 is 1.75 bits per heavy atom. The second-order valence-electron chi connectivity index (χ2n) is 6.24. The summed E-state index contributed by atoms with van der Waals surface area (Å²) < 4.78 is 1.75. The normalized spacial score (nSPS) is 10.8. The molecule has 0 saturated carbocycles. The minimum Gasteiger partial charge on any atom is -0.307 e. The smallest absolute Gasteiger partial charge is 0.258 e. The second-order valence-corrected chi connectivity index (χ2v) is 6.24. The Kier molecular flexibility index (Phi) is 4.68. The average Bonchev–Trinajstić information content (AvgIpc) is 3.19. The van der Waals surface area contributed by atoms with E-state index in [2.05, 4.69) is 9.97 Å². The summed E-state index contributed by atoms with van der Waals surface area (Å²) in [6.45, 7) is 2.43. The van der Waals surface area contributed by atoms with E-state index < -0.39 is 0 Å². The molecule has 0 N–H and O–H groups in total. The molecule has 138 valence electrons. The highest BCUT2D eigenvalue weighted by Gasteiger charge is 2.18. The molecule has 6 heteroatoms. The zero-order valence-corrected chi connectivity index (χ0v) is 15.3. The molecule has 0 saturated heterocycles. The maximum atomic E-state index is 12.9. The Morgan fingerprint density at radius 3 is 2.46 bits per heavy atom. The summed E-state index contributed by atoms with van der Waals surface area (Å²) in [5.41, 5.74) is 2.96. The Balaban J connectivity index is 1.60. The summed E-state index contributed by atoms with van der Waals surface area (Å²) >= 11 is 0. The van der Waals surface area contributed by atoms with Crippen LogP contribution in [0.15, 0.2) is 79.4 Å². The lowest BCUT2D eigenvalue weighted by molar-refractivity contribution is 0.0985. The molecule has 0 unspecified atom stereocenters. The quantitative estimate of drug-likeness (QED) is 0.503. The Labute approximate surface area is 162 Å². The number of fused-ring (bicyclic) bond motifs is 1. The van der Waals surface area contributed by atoms with Crippen molar-refractivity contribution >= 4 is 23.0 Å². The Bertz CT molecular complexity index is 1130. The number of carbonyl (C=O) groups is 2. The van der Waals surface area contributed by atoms with E-state index in [-0.39, 0.29) is 11.7 Å². The first-order valence-corrected chi connectivity index (χ1v) is 8.98. The van der Waals surface area contributed by atoms with E-state index in [1.54, 1.807) is 64.4 Å². The molecule has 1 amide bonds. The fourth-order valence-corrected chi connectivity index (χ4v) is 3.13. The third-order valence-corrected chi connectivity index (χ3v) is 4.56. The third kappa shape index (κ3) is 3.16. The van der Waals surface area contributed by atoms with Crippen LogP contribution in [0.5, 0.6) is 0 Å². The molecule has 4 rings (SSSR count). The standard InChI is InChI=1S/C22H18N4O2/c1-2-25(18-6-5-12-23-14-18)22(28)17-10-8-16(9-11-17)21(27)19-15-24-20-7-3-4-13-26(19)20/h3-15H,2H2,1H3. The van der Waals surface area contributed by atoms with Gasteiger partial charge >= 0.3 is 0 Å². The van der Waals surface area contributed by atoms with Crippen molar-refractivity contribution in [2.45, 2.75) is 6.92 Å². The highest BCUT2D eigenvalue weighted by atomic mass is 16.2. The van der Waals surface area contributed by atoms with Crippen LogP contribution in [0.4, 0.5) is 5.69 Å². The Hall–Kier alpha value is -3.80. The number of rotatable bonds is 5. The van der Waals surface area contributed by atoms with E-state index in [0.717, 1.165) is 5.69 Å². The molecule has 0 fully saturated rings. The van der Waals surface area contributed by atoms with E-state index in [1.807, 2.05) is 31.2 Å². The monoisotopic (exact) mass is 370 g/mol. The third-order valence-electron chi connectivity index (χ3n) is 4.56. The van der Waals surface area contributed by atoms with Gasteiger partial charge in [0, 0.05) is 30.1 Å². The summed E-state index contributed by atoms with van der Waals surface area (Å²) in [6.07, 6.45) is 6.70. The van der Waals surface area contributed by atoms with Crippen molar-refractivity contribution in [3.63, 3.8) is 0 Å². The minimum absolute atomic E-state index is 0.135. The van der Waals surface area contributed by atoms with Gasteiger partial charge in [0.05, 0.1) is 18.1 Å². The lowest BCUT2D eigenvalue weighted by Crippen LogP contribution is -2.30. The number of aromatic nitrogens is 3. The van der Waals surface area contributed by atoms with Gasteiger partial charge in [0.15, 0.2) is 0 Å². The lowest BCUT2D eigenvalue weighted by Gasteiger charge is -2.20. The number of imidazole rings is 1. The van der Waals surface area contributed by atoms with Crippen LogP contribution in [0.25, 0.3) is 5.65 Å². The van der Waals surface area contributed by atoms with Crippen LogP contribution in [0.2, 0.25) is 0 Å². The first-order valence-electron chi connectivity index (χ1n) is 8.98. The van der Waals surface area contributed by atoms with Crippen molar-refractivity contribution in [2.75, 3.05) is 11.4 Å². The van der Waals surface area contributed by atoms with Crippen molar-refractivity contribution in [3.05, 3.63) is 96.2 Å². The van der Waals surface area contributed by atoms with Crippen LogP contribution in [0, 0.1) is 0 Å². The minimum atomic E-state index is -0.141. The predicted molar refractivity (Wildman–Crippen MR) is 107 cm³/mol. The van der Waals surface area contributed by atoms with E-state index in [4.69, 9.17) is 0 Å². The highest BCUT2D eigenvalue weighted by molar-refractivity contribution is 6.10. The topological polar surface area (TPSA) is 67.6 Å². The number of hydrogen-bond acceptors (Lipinski definition) is 4. The summed E-state index contributed by atoms with van der Waals surface area (Å²) in [4.78, 5) is 35.7. The van der Waals surface area contributed by atoms with E-state index >= 15 is 0 Å². The lowest BCUT2D eigenvalue weighted by atomic mass is 10.1. The number of carbonyl (C=O) groups excluding carboxylic acids is 2. The van der Waals surface area contributed by atoms with Crippen molar-refractivity contribution < 1.29 is 9.59 Å². The zero-order chi connectivity index (χ0) is 19.5. The van der Waals surface area contributed by atoms with Crippen molar-refractivity contribution in [1.82, 2.24) is 14.4 Å². The van der Waals surface area contributed by atoms with Crippen molar-refractivity contribution in [2.24, 2.45) is 0 Å². The van der Waals surface area contributed by atoms with Crippen molar-refractivity contribution in [3.8, 4) is 0 Å². The molecule has 0 atom stereocenters. The van der Waals surface area contributed by atoms with Gasteiger partial charge in [0.1, 0.15) is 11.3 Å². The molecular weight excluding hydrogens is 352 g/mol. The molecular formula is C22H18N4O2. The first kappa shape index (κ1) is 17.6. The summed E-state index contributed by atoms with van der Waals surface area (Å²) in [6, 6.07) is 15.9. The van der Waals surface area contributed by atoms with E-state index in [9.17, 15) is 9.59 Å². The maximum Gasteiger partial charge on any atom is 0.258 e. The fourth-order valence-electron chi connectivity index (χ4n) is 3.13. The molecule has 3 heterocycles. The van der Waals surface area contributed by atoms with Gasteiger partial charge in [-0.05, 0) is 43.3 Å². The number of hydrogen-bond donors (Lipinski definition) is 0. The number of amides is 1. The maximum absolute atomic E-state index is 12.9. The van der Waals surface area contributed by atoms with Crippen LogP contribution < -0.4 is 4.90 Å². The summed E-state index contributed by atoms with van der Waals surface area (Å²) in [5, 5.41) is 0. The summed E-state index contributed by atoms with van der Waals surface area (Å²) in [5.74, 6) is -0.276. The van der Waals surface area contributed by atoms with Gasteiger partial charge in [-0.3, -0.25) is 19.0 Å². The highest BCUT2D eigenvalue weighted by Crippen LogP contribution is 2.18. The van der Waals surface area contributed by atoms with Crippen LogP contribution in [-0.2, 0) is 0 Å². The SMILES string of the molecule is CCN(C(=O)c1ccc(C(=O)c2cnc3ccccn23)cc1)c1cccnc1. The molecule has 3 aromatic heterocycles. The molecule has 6 nitrogen and oxygen atoms in total. The number of ketones is 1. The zero-order valence-electron chi connectivity index (χ0n) is 15.3. The number of nitrogens with zero attached hydrogens (tertiary/aromatic N) is 4. The number of benzene rings is 1. The molecule has 0 aliphatic heterocycles. The summed E-state index contributed by atoms with van der Waals surface area (Å²) in [7, 11) is 0. The van der Waals surface area contributed by atoms with E-state index in [1.165, 1.54) is 0 Å². The average molecular weight is 370 g/mol. The first-order chi connectivity index (χ1) is 13.7. The molecule has 0 spiro atoms. The second kappa shape index (κ2) is 7.44. The Morgan fingerprint density at radius 1 is 0.964 bits per heavy atom. The van der Waals surface area contributed by atoms with Gasteiger partial charge in [0.2, 0.25) is 5.78 Å². The van der Waals surface area contributed by atoms with E-state index in [0.29, 0.717) is 29.0 Å². The van der Waals surface area contributed by atoms with Gasteiger partial charge in [0.25, 0.3) is 5.91 Å². The van der Waals surface area contributed by atoms with Crippen LogP contribution in [0.1, 0.15) is 33.3 Å². The number of pyridine rings is 2. The van der Waals surface area contributed by atoms with Gasteiger partial charge in [-0.25, -0.2) is 4.98 Å². The van der Waals surface area contributed by atoms with Crippen molar-refractivity contribution in [1.29, 1.82) is 0 Å². The molecule has 0 aliphatic rings. The van der Waals surface area contributed by atoms with Crippen LogP contribution in [-0.4, -0.2) is 32.6 Å². The molecule has 0 aliphatic carbocycles. The predicted octanol–water partition coefficient (Wildman–Crippen LogP) is 3.63. The molecule has 0 bridgehead atoms. The molecule has 28 heavy (non-hydrogen) atoms. The molecule has 1 aromatic carbocycles. The fraction of sp³-hybridized carbons (Fsp3) is 0.0909. The molecule has 0 radical (unpaired) electrons. The van der Waals surface area contributed by atoms with Gasteiger partial charge in [-0.15, -0.1) is 0 Å². The van der Waals surface area contributed by atoms with Gasteiger partial charge in [-0.2, -0.15) is 0 Å². The van der Waals surface area contributed by atoms with Crippen LogP contribution >= 0.6 is 0 Å².